The van der Waals surface area contributed by atoms with Gasteiger partial charge in [-0.1, -0.05) is 12.1 Å². The van der Waals surface area contributed by atoms with E-state index in [2.05, 4.69) is 0 Å². The number of hydrogen-bond donors (Lipinski definition) is 1. The van der Waals surface area contributed by atoms with Crippen molar-refractivity contribution in [3.63, 3.8) is 0 Å². The zero-order chi connectivity index (χ0) is 20.1. The molecule has 0 aliphatic rings. The van der Waals surface area contributed by atoms with Crippen LogP contribution in [0, 0.1) is 0 Å². The lowest BCUT2D eigenvalue weighted by atomic mass is 9.91. The van der Waals surface area contributed by atoms with E-state index in [1.54, 1.807) is 0 Å². The van der Waals surface area contributed by atoms with Crippen LogP contribution >= 0.6 is 0 Å². The summed E-state index contributed by atoms with van der Waals surface area (Å²) in [6.07, 6.45) is -5.52. The smallest absolute Gasteiger partial charge is 0.385 e. The van der Waals surface area contributed by atoms with Crippen molar-refractivity contribution in [2.75, 3.05) is 5.73 Å². The molecule has 1 aromatic carbocycles. The summed E-state index contributed by atoms with van der Waals surface area (Å²) >= 11 is 0. The van der Waals surface area contributed by atoms with Crippen LogP contribution < -0.4 is 5.73 Å². The first-order valence-electron chi connectivity index (χ1n) is 5.97. The summed E-state index contributed by atoms with van der Waals surface area (Å²) in [5, 5.41) is 0. The van der Waals surface area contributed by atoms with E-state index in [1.165, 1.54) is 0 Å². The number of alkyl halides is 12. The number of rotatable bonds is 6. The van der Waals surface area contributed by atoms with Crippen LogP contribution in [0.25, 0.3) is 0 Å². The molecule has 0 saturated heterocycles. The molecule has 0 atom stereocenters. The molecular formula is C12H7F12N. The van der Waals surface area contributed by atoms with Gasteiger partial charge in [0.15, 0.2) is 0 Å². The van der Waals surface area contributed by atoms with Crippen LogP contribution in [0.2, 0.25) is 0 Å². The zero-order valence-corrected chi connectivity index (χ0v) is 11.5. The van der Waals surface area contributed by atoms with Gasteiger partial charge in [-0.05, 0) is 12.1 Å². The Morgan fingerprint density at radius 3 is 1.40 bits per heavy atom. The summed E-state index contributed by atoms with van der Waals surface area (Å²) in [4.78, 5) is 0. The highest BCUT2D eigenvalue weighted by molar-refractivity contribution is 5.41. The van der Waals surface area contributed by atoms with Gasteiger partial charge in [0, 0.05) is 11.3 Å². The van der Waals surface area contributed by atoms with Gasteiger partial charge >= 0.3 is 36.0 Å². The number of halogens is 12. The third kappa shape index (κ3) is 2.86. The minimum atomic E-state index is -7.54. The number of benzene rings is 1. The van der Waals surface area contributed by atoms with E-state index in [0.717, 1.165) is 0 Å². The Morgan fingerprint density at radius 1 is 0.640 bits per heavy atom. The van der Waals surface area contributed by atoms with Crippen LogP contribution in [0.1, 0.15) is 5.56 Å². The largest absolute Gasteiger partial charge is 0.399 e. The number of hydrogen-bond acceptors (Lipinski definition) is 1. The Bertz CT molecular complexity index is 607. The highest BCUT2D eigenvalue weighted by Crippen LogP contribution is 2.60. The highest BCUT2D eigenvalue weighted by atomic mass is 19.4. The summed E-state index contributed by atoms with van der Waals surface area (Å²) in [5.74, 6) is -35.3. The van der Waals surface area contributed by atoms with E-state index in [-0.39, 0.29) is 17.8 Å². The van der Waals surface area contributed by atoms with Crippen LogP contribution in [0.4, 0.5) is 58.4 Å². The maximum absolute atomic E-state index is 13.6. The lowest BCUT2D eigenvalue weighted by Gasteiger charge is -2.39. The molecule has 0 heterocycles. The summed E-state index contributed by atoms with van der Waals surface area (Å²) in [6, 6.07) is 1.15. The fourth-order valence-electron chi connectivity index (χ4n) is 1.61. The fraction of sp³-hybridized carbons (Fsp3) is 0.500. The fourth-order valence-corrected chi connectivity index (χ4v) is 1.61. The molecule has 25 heavy (non-hydrogen) atoms. The van der Waals surface area contributed by atoms with Crippen molar-refractivity contribution in [1.29, 1.82) is 0 Å². The second-order valence-electron chi connectivity index (χ2n) is 4.84. The molecule has 144 valence electrons. The van der Waals surface area contributed by atoms with Gasteiger partial charge in [-0.25, -0.2) is 8.78 Å². The molecule has 1 aromatic rings. The zero-order valence-electron chi connectivity index (χ0n) is 11.5. The molecule has 0 fully saturated rings. The Morgan fingerprint density at radius 2 is 1.04 bits per heavy atom. The first-order valence-corrected chi connectivity index (χ1v) is 5.97. The normalized spacial score (nSPS) is 14.9. The molecule has 0 amide bonds. The van der Waals surface area contributed by atoms with E-state index >= 15 is 0 Å². The third-order valence-electron chi connectivity index (χ3n) is 3.15. The summed E-state index contributed by atoms with van der Waals surface area (Å²) in [7, 11) is 0. The molecular weight excluding hydrogens is 386 g/mol. The maximum Gasteiger partial charge on any atom is 0.385 e. The van der Waals surface area contributed by atoms with Crippen molar-refractivity contribution in [3.05, 3.63) is 29.8 Å². The molecule has 13 heteroatoms. The third-order valence-corrected chi connectivity index (χ3v) is 3.15. The van der Waals surface area contributed by atoms with Crippen LogP contribution in [-0.2, 0) is 5.92 Å². The molecule has 0 bridgehead atoms. The SMILES string of the molecule is Nc1ccc(C(F)(F)C(F)(F)C(F)(F)C(F)(F)C(F)(F)C(F)F)cc1. The average Bonchev–Trinajstić information content (AvgIpc) is 2.46. The Hall–Kier alpha value is -1.82. The standard InChI is InChI=1S/C12H7F12N/c13-7(14)9(17,18)11(21,22)12(23,24)10(19,20)8(15,16)5-1-3-6(25)4-2-5/h1-4,7H,25H2. The van der Waals surface area contributed by atoms with Crippen LogP contribution in [0.3, 0.4) is 0 Å². The van der Waals surface area contributed by atoms with Gasteiger partial charge in [-0.3, -0.25) is 0 Å². The minimum Gasteiger partial charge on any atom is -0.399 e. The quantitative estimate of drug-likeness (QED) is 0.524. The van der Waals surface area contributed by atoms with Crippen molar-refractivity contribution >= 4 is 5.69 Å². The monoisotopic (exact) mass is 393 g/mol. The summed E-state index contributed by atoms with van der Waals surface area (Å²) in [6.45, 7) is 0. The van der Waals surface area contributed by atoms with Crippen molar-refractivity contribution in [2.24, 2.45) is 0 Å². The van der Waals surface area contributed by atoms with Crippen molar-refractivity contribution in [1.82, 2.24) is 0 Å². The van der Waals surface area contributed by atoms with E-state index in [0.29, 0.717) is 12.1 Å². The topological polar surface area (TPSA) is 26.0 Å². The van der Waals surface area contributed by atoms with Crippen LogP contribution in [0.15, 0.2) is 24.3 Å². The number of nitrogen functional groups attached to an aromatic ring is 1. The van der Waals surface area contributed by atoms with Gasteiger partial charge < -0.3 is 5.73 Å². The van der Waals surface area contributed by atoms with Gasteiger partial charge in [0.25, 0.3) is 0 Å². The molecule has 0 saturated carbocycles. The molecule has 0 aromatic heterocycles. The van der Waals surface area contributed by atoms with Crippen molar-refractivity contribution < 1.29 is 52.7 Å². The lowest BCUT2D eigenvalue weighted by Crippen LogP contribution is -2.67. The number of nitrogens with two attached hydrogens (primary N) is 1. The molecule has 1 nitrogen and oxygen atoms in total. The molecule has 1 rings (SSSR count). The molecule has 0 spiro atoms. The van der Waals surface area contributed by atoms with Crippen LogP contribution in [0.5, 0.6) is 0 Å². The first kappa shape index (κ1) is 21.2. The Labute approximate surface area is 131 Å². The highest BCUT2D eigenvalue weighted by Gasteiger charge is 2.87. The van der Waals surface area contributed by atoms with Gasteiger partial charge in [0.05, 0.1) is 0 Å². The van der Waals surface area contributed by atoms with Gasteiger partial charge in [-0.15, -0.1) is 0 Å². The van der Waals surface area contributed by atoms with Gasteiger partial charge in [0.1, 0.15) is 0 Å². The van der Waals surface area contributed by atoms with Crippen molar-refractivity contribution in [3.8, 4) is 0 Å². The first-order chi connectivity index (χ1) is 10.9. The second-order valence-corrected chi connectivity index (χ2v) is 4.84. The van der Waals surface area contributed by atoms with Gasteiger partial charge in [-0.2, -0.15) is 43.9 Å². The molecule has 0 radical (unpaired) electrons. The predicted octanol–water partition coefficient (Wildman–Crippen LogP) is 5.17. The van der Waals surface area contributed by atoms with E-state index in [9.17, 15) is 52.7 Å². The average molecular weight is 393 g/mol. The van der Waals surface area contributed by atoms with E-state index < -0.39 is 41.6 Å². The molecule has 2 N–H and O–H groups in total. The van der Waals surface area contributed by atoms with E-state index in [1.807, 2.05) is 0 Å². The lowest BCUT2D eigenvalue weighted by molar-refractivity contribution is -0.415. The summed E-state index contributed by atoms with van der Waals surface area (Å²) in [5.41, 5.74) is 2.77. The molecule has 0 aliphatic carbocycles. The minimum absolute atomic E-state index is 0.0583. The Balaban J connectivity index is 3.50. The second kappa shape index (κ2) is 5.87. The Kier molecular flexibility index (Phi) is 4.98. The molecule has 0 unspecified atom stereocenters. The van der Waals surface area contributed by atoms with Crippen LogP contribution in [-0.4, -0.2) is 30.1 Å². The van der Waals surface area contributed by atoms with Crippen molar-refractivity contribution in [2.45, 2.75) is 36.0 Å². The molecule has 0 aliphatic heterocycles. The maximum atomic E-state index is 13.6. The summed E-state index contributed by atoms with van der Waals surface area (Å²) < 4.78 is 156. The predicted molar refractivity (Wildman–Crippen MR) is 60.5 cm³/mol. The van der Waals surface area contributed by atoms with E-state index in [4.69, 9.17) is 5.73 Å². The number of anilines is 1. The van der Waals surface area contributed by atoms with Gasteiger partial charge in [0.2, 0.25) is 0 Å².